The average molecular weight is 409 g/mol. The van der Waals surface area contributed by atoms with Gasteiger partial charge >= 0.3 is 5.97 Å². The number of nitrogens with zero attached hydrogens (tertiary/aromatic N) is 1. The molecule has 0 saturated carbocycles. The van der Waals surface area contributed by atoms with Crippen molar-refractivity contribution in [2.24, 2.45) is 0 Å². The van der Waals surface area contributed by atoms with Crippen molar-refractivity contribution < 1.29 is 23.9 Å². The summed E-state index contributed by atoms with van der Waals surface area (Å²) >= 11 is 6.32. The van der Waals surface area contributed by atoms with Gasteiger partial charge in [0.05, 0.1) is 5.75 Å². The molecule has 0 unspecified atom stereocenters. The van der Waals surface area contributed by atoms with E-state index >= 15 is 0 Å². The first-order valence-corrected chi connectivity index (χ1v) is 9.54. The van der Waals surface area contributed by atoms with E-state index in [1.165, 1.54) is 23.6 Å². The Hall–Kier alpha value is -2.46. The van der Waals surface area contributed by atoms with Crippen molar-refractivity contribution in [3.05, 3.63) is 35.9 Å². The van der Waals surface area contributed by atoms with E-state index in [9.17, 15) is 19.2 Å². The summed E-state index contributed by atoms with van der Waals surface area (Å²) in [6.45, 7) is 1.47. The first-order chi connectivity index (χ1) is 12.9. The van der Waals surface area contributed by atoms with Crippen molar-refractivity contribution in [1.82, 2.24) is 15.5 Å². The van der Waals surface area contributed by atoms with Gasteiger partial charge in [-0.05, 0) is 19.1 Å². The molecule has 1 saturated heterocycles. The lowest BCUT2D eigenvalue weighted by molar-refractivity contribution is -0.150. The topological polar surface area (TPSA) is 105 Å². The molecule has 1 aliphatic heterocycles. The molecule has 1 aromatic carbocycles. The molecule has 0 aromatic heterocycles. The third-order valence-electron chi connectivity index (χ3n) is 3.58. The van der Waals surface area contributed by atoms with Crippen LogP contribution in [-0.4, -0.2) is 64.4 Å². The molecule has 1 fully saturated rings. The van der Waals surface area contributed by atoms with Crippen LogP contribution in [0.25, 0.3) is 0 Å². The number of rotatable bonds is 8. The van der Waals surface area contributed by atoms with Crippen molar-refractivity contribution in [3.63, 3.8) is 0 Å². The number of carbonyl (C=O) groups is 4. The fourth-order valence-electron chi connectivity index (χ4n) is 2.15. The Balaban J connectivity index is 1.66. The van der Waals surface area contributed by atoms with E-state index in [1.54, 1.807) is 30.3 Å². The maximum absolute atomic E-state index is 12.0. The van der Waals surface area contributed by atoms with Gasteiger partial charge in [0, 0.05) is 18.7 Å². The number of amides is 3. The largest absolute Gasteiger partial charge is 0.454 e. The van der Waals surface area contributed by atoms with Gasteiger partial charge in [0.2, 0.25) is 5.91 Å². The third-order valence-corrected chi connectivity index (χ3v) is 5.01. The quantitative estimate of drug-likeness (QED) is 0.471. The third kappa shape index (κ3) is 6.33. The predicted molar refractivity (Wildman–Crippen MR) is 104 cm³/mol. The number of thioether (sulfide) groups is 1. The van der Waals surface area contributed by atoms with Gasteiger partial charge < -0.3 is 15.4 Å². The highest BCUT2D eigenvalue weighted by Gasteiger charge is 2.26. The Bertz CT molecular complexity index is 725. The highest BCUT2D eigenvalue weighted by molar-refractivity contribution is 8.23. The second-order valence-corrected chi connectivity index (χ2v) is 7.23. The van der Waals surface area contributed by atoms with Crippen molar-refractivity contribution >= 4 is 52.0 Å². The first kappa shape index (κ1) is 20.8. The van der Waals surface area contributed by atoms with Gasteiger partial charge in [-0.15, -0.1) is 0 Å². The van der Waals surface area contributed by atoms with Gasteiger partial charge in [0.25, 0.3) is 11.8 Å². The molecule has 0 aliphatic carbocycles. The Morgan fingerprint density at radius 1 is 1.30 bits per heavy atom. The van der Waals surface area contributed by atoms with Gasteiger partial charge in [-0.2, -0.15) is 0 Å². The van der Waals surface area contributed by atoms with Crippen LogP contribution in [0.5, 0.6) is 0 Å². The number of thiocarbonyl (C=S) groups is 1. The molecule has 0 bridgehead atoms. The molecular weight excluding hydrogens is 390 g/mol. The highest BCUT2D eigenvalue weighted by Crippen LogP contribution is 2.18. The molecule has 1 heterocycles. The van der Waals surface area contributed by atoms with Crippen molar-refractivity contribution in [2.45, 2.75) is 13.0 Å². The number of nitrogens with one attached hydrogen (secondary N) is 2. The predicted octanol–water partition coefficient (Wildman–Crippen LogP) is 0.325. The smallest absolute Gasteiger partial charge is 0.328 e. The Kier molecular flexibility index (Phi) is 7.74. The fraction of sp³-hybridized carbons (Fsp3) is 0.353. The van der Waals surface area contributed by atoms with Crippen LogP contribution in [0.15, 0.2) is 30.3 Å². The van der Waals surface area contributed by atoms with Crippen LogP contribution < -0.4 is 10.6 Å². The summed E-state index contributed by atoms with van der Waals surface area (Å²) in [5.41, 5.74) is 0.419. The van der Waals surface area contributed by atoms with E-state index in [-0.39, 0.29) is 19.0 Å². The fourth-order valence-corrected chi connectivity index (χ4v) is 3.27. The number of carbonyl (C=O) groups excluding carboxylic acids is 4. The van der Waals surface area contributed by atoms with Gasteiger partial charge in [-0.25, -0.2) is 4.79 Å². The van der Waals surface area contributed by atoms with Crippen LogP contribution in [0, 0.1) is 0 Å². The molecule has 2 rings (SSSR count). The molecule has 2 N–H and O–H groups in total. The average Bonchev–Trinajstić information content (AvgIpc) is 2.98. The van der Waals surface area contributed by atoms with Gasteiger partial charge in [-0.1, -0.05) is 42.2 Å². The number of ether oxygens (including phenoxy) is 1. The maximum atomic E-state index is 12.0. The first-order valence-electron chi connectivity index (χ1n) is 8.15. The maximum Gasteiger partial charge on any atom is 0.328 e. The van der Waals surface area contributed by atoms with Crippen LogP contribution in [-0.2, 0) is 19.1 Å². The second kappa shape index (κ2) is 10.0. The van der Waals surface area contributed by atoms with E-state index in [1.807, 2.05) is 0 Å². The summed E-state index contributed by atoms with van der Waals surface area (Å²) in [6.07, 6.45) is 0. The van der Waals surface area contributed by atoms with E-state index in [0.717, 1.165) is 0 Å². The monoisotopic (exact) mass is 409 g/mol. The molecule has 1 aromatic rings. The zero-order chi connectivity index (χ0) is 19.8. The summed E-state index contributed by atoms with van der Waals surface area (Å²) in [7, 11) is 0. The summed E-state index contributed by atoms with van der Waals surface area (Å²) in [5.74, 6) is -1.41. The zero-order valence-electron chi connectivity index (χ0n) is 14.6. The van der Waals surface area contributed by atoms with E-state index in [4.69, 9.17) is 17.0 Å². The Morgan fingerprint density at radius 3 is 2.63 bits per heavy atom. The molecule has 10 heteroatoms. The summed E-state index contributed by atoms with van der Waals surface area (Å²) in [4.78, 5) is 48.6. The van der Waals surface area contributed by atoms with Crippen LogP contribution in [0.1, 0.15) is 17.3 Å². The molecule has 0 spiro atoms. The van der Waals surface area contributed by atoms with E-state index < -0.39 is 30.4 Å². The normalized spacial score (nSPS) is 14.6. The van der Waals surface area contributed by atoms with Crippen molar-refractivity contribution in [3.8, 4) is 0 Å². The lowest BCUT2D eigenvalue weighted by Crippen LogP contribution is -2.42. The van der Waals surface area contributed by atoms with Gasteiger partial charge in [0.15, 0.2) is 6.61 Å². The molecule has 3 amide bonds. The van der Waals surface area contributed by atoms with Crippen LogP contribution in [0.2, 0.25) is 0 Å². The summed E-state index contributed by atoms with van der Waals surface area (Å²) in [6, 6.07) is 7.54. The SMILES string of the molecule is C[C@H](NC(=O)c1ccccc1)C(=O)OCC(=O)NCCN1C(=O)CSC1=S. The van der Waals surface area contributed by atoms with Crippen LogP contribution in [0.4, 0.5) is 0 Å². The number of benzene rings is 1. The molecule has 1 aliphatic rings. The van der Waals surface area contributed by atoms with E-state index in [2.05, 4.69) is 10.6 Å². The minimum atomic E-state index is -0.901. The standard InChI is InChI=1S/C17H19N3O5S2/c1-11(19-15(23)12-5-3-2-4-6-12)16(24)25-9-13(21)18-7-8-20-14(22)10-27-17(20)26/h2-6,11H,7-10H2,1H3,(H,18,21)(H,19,23)/t11-/m0/s1. The molecule has 144 valence electrons. The molecule has 1 atom stereocenters. The Labute approximate surface area is 166 Å². The molecule has 8 nitrogen and oxygen atoms in total. The summed E-state index contributed by atoms with van der Waals surface area (Å²) in [5, 5.41) is 5.05. The molecule has 27 heavy (non-hydrogen) atoms. The lowest BCUT2D eigenvalue weighted by Gasteiger charge is -2.16. The number of hydrogen-bond donors (Lipinski definition) is 2. The highest BCUT2D eigenvalue weighted by atomic mass is 32.2. The van der Waals surface area contributed by atoms with Crippen molar-refractivity contribution in [2.75, 3.05) is 25.4 Å². The molecular formula is C17H19N3O5S2. The zero-order valence-corrected chi connectivity index (χ0v) is 16.2. The van der Waals surface area contributed by atoms with Gasteiger partial charge in [-0.3, -0.25) is 19.3 Å². The summed E-state index contributed by atoms with van der Waals surface area (Å²) < 4.78 is 5.38. The number of esters is 1. The minimum absolute atomic E-state index is 0.0892. The number of hydrogen-bond acceptors (Lipinski definition) is 7. The Morgan fingerprint density at radius 2 is 2.00 bits per heavy atom. The van der Waals surface area contributed by atoms with Crippen molar-refractivity contribution in [1.29, 1.82) is 0 Å². The minimum Gasteiger partial charge on any atom is -0.454 e. The van der Waals surface area contributed by atoms with Crippen LogP contribution >= 0.6 is 24.0 Å². The molecule has 0 radical (unpaired) electrons. The van der Waals surface area contributed by atoms with Crippen LogP contribution in [0.3, 0.4) is 0 Å². The lowest BCUT2D eigenvalue weighted by atomic mass is 10.2. The van der Waals surface area contributed by atoms with Gasteiger partial charge in [0.1, 0.15) is 10.4 Å². The van der Waals surface area contributed by atoms with E-state index in [0.29, 0.717) is 15.6 Å². The second-order valence-electron chi connectivity index (χ2n) is 5.62.